The van der Waals surface area contributed by atoms with Gasteiger partial charge in [-0.25, -0.2) is 8.78 Å². The van der Waals surface area contributed by atoms with Gasteiger partial charge in [-0.2, -0.15) is 0 Å². The zero-order valence-corrected chi connectivity index (χ0v) is 13.5. The van der Waals surface area contributed by atoms with E-state index >= 15 is 0 Å². The summed E-state index contributed by atoms with van der Waals surface area (Å²) in [5, 5.41) is 21.4. The molecule has 0 bridgehead atoms. The fourth-order valence-electron chi connectivity index (χ4n) is 4.67. The van der Waals surface area contributed by atoms with Crippen LogP contribution in [0.15, 0.2) is 0 Å². The van der Waals surface area contributed by atoms with Gasteiger partial charge >= 0.3 is 11.9 Å². The van der Waals surface area contributed by atoms with Gasteiger partial charge in [-0.15, -0.1) is 0 Å². The van der Waals surface area contributed by atoms with Crippen molar-refractivity contribution in [3.8, 4) is 0 Å². The Labute approximate surface area is 139 Å². The molecule has 0 aromatic carbocycles. The van der Waals surface area contributed by atoms with Crippen LogP contribution < -0.4 is 5.32 Å². The lowest BCUT2D eigenvalue weighted by atomic mass is 9.69. The minimum atomic E-state index is -2.94. The predicted octanol–water partition coefficient (Wildman–Crippen LogP) is 1.26. The molecule has 0 aromatic rings. The molecule has 0 aromatic heterocycles. The third-order valence-electron chi connectivity index (χ3n) is 5.86. The van der Waals surface area contributed by atoms with Gasteiger partial charge in [-0.3, -0.25) is 14.5 Å². The number of carbonyl (C=O) groups is 2. The SMILES string of the molecule is O=C(O)C1CC2CC(CN3CC(F)(F)C[C@H]3C(=O)O)CCC2CN1. The van der Waals surface area contributed by atoms with Crippen molar-refractivity contribution in [2.24, 2.45) is 17.8 Å². The maximum absolute atomic E-state index is 13.6. The van der Waals surface area contributed by atoms with Gasteiger partial charge < -0.3 is 15.5 Å². The molecule has 2 saturated heterocycles. The molecule has 0 amide bonds. The second kappa shape index (κ2) is 6.55. The highest BCUT2D eigenvalue weighted by Crippen LogP contribution is 2.40. The number of halogens is 2. The van der Waals surface area contributed by atoms with Crippen molar-refractivity contribution in [1.29, 1.82) is 0 Å². The Morgan fingerprint density at radius 2 is 1.88 bits per heavy atom. The first kappa shape index (κ1) is 17.5. The number of nitrogens with zero attached hydrogens (tertiary/aromatic N) is 1. The first-order valence-corrected chi connectivity index (χ1v) is 8.56. The summed E-state index contributed by atoms with van der Waals surface area (Å²) in [5.74, 6) is -4.10. The zero-order valence-electron chi connectivity index (χ0n) is 13.5. The number of aliphatic carboxylic acids is 2. The quantitative estimate of drug-likeness (QED) is 0.710. The standard InChI is InChI=1S/C16H24F2N2O4/c17-16(18)5-13(15(23)24)20(8-16)7-9-1-2-10-6-19-12(14(21)22)4-11(10)3-9/h9-13,19H,1-8H2,(H,21,22)(H,23,24)/t9?,10?,11?,12?,13-/m0/s1. The maximum Gasteiger partial charge on any atom is 0.321 e. The Kier molecular flexibility index (Phi) is 4.79. The lowest BCUT2D eigenvalue weighted by molar-refractivity contribution is -0.143. The number of carboxylic acid groups (broad SMARTS) is 2. The zero-order chi connectivity index (χ0) is 17.5. The molecule has 2 heterocycles. The molecule has 8 heteroatoms. The van der Waals surface area contributed by atoms with E-state index in [0.29, 0.717) is 25.4 Å². The molecule has 136 valence electrons. The third-order valence-corrected chi connectivity index (χ3v) is 5.86. The molecular formula is C16H24F2N2O4. The van der Waals surface area contributed by atoms with Crippen LogP contribution in [0.3, 0.4) is 0 Å². The second-order valence-electron chi connectivity index (χ2n) is 7.58. The van der Waals surface area contributed by atoms with Gasteiger partial charge in [0, 0.05) is 13.0 Å². The summed E-state index contributed by atoms with van der Waals surface area (Å²) in [6.45, 7) is 0.558. The van der Waals surface area contributed by atoms with Crippen molar-refractivity contribution in [3.05, 3.63) is 0 Å². The van der Waals surface area contributed by atoms with E-state index in [1.807, 2.05) is 0 Å². The highest BCUT2D eigenvalue weighted by atomic mass is 19.3. The summed E-state index contributed by atoms with van der Waals surface area (Å²) in [6, 6.07) is -1.65. The molecule has 3 aliphatic rings. The fraction of sp³-hybridized carbons (Fsp3) is 0.875. The summed E-state index contributed by atoms with van der Waals surface area (Å²) in [7, 11) is 0. The van der Waals surface area contributed by atoms with Crippen LogP contribution in [0.1, 0.15) is 32.1 Å². The highest BCUT2D eigenvalue weighted by Gasteiger charge is 2.49. The number of hydrogen-bond donors (Lipinski definition) is 3. The Balaban J connectivity index is 1.60. The van der Waals surface area contributed by atoms with E-state index in [0.717, 1.165) is 19.3 Å². The largest absolute Gasteiger partial charge is 0.480 e. The van der Waals surface area contributed by atoms with Gasteiger partial charge in [-0.05, 0) is 50.0 Å². The van der Waals surface area contributed by atoms with Crippen molar-refractivity contribution in [1.82, 2.24) is 10.2 Å². The van der Waals surface area contributed by atoms with Gasteiger partial charge in [-0.1, -0.05) is 0 Å². The van der Waals surface area contributed by atoms with Crippen LogP contribution in [0.4, 0.5) is 8.78 Å². The molecule has 3 rings (SSSR count). The Hall–Kier alpha value is -1.28. The van der Waals surface area contributed by atoms with Crippen molar-refractivity contribution < 1.29 is 28.6 Å². The summed E-state index contributed by atoms with van der Waals surface area (Å²) >= 11 is 0. The Morgan fingerprint density at radius 1 is 1.12 bits per heavy atom. The molecule has 0 radical (unpaired) electrons. The van der Waals surface area contributed by atoms with E-state index in [1.165, 1.54) is 4.90 Å². The summed E-state index contributed by atoms with van der Waals surface area (Å²) in [5.41, 5.74) is 0. The number of likely N-dealkylation sites (tertiary alicyclic amines) is 1. The second-order valence-corrected chi connectivity index (χ2v) is 7.58. The lowest BCUT2D eigenvalue weighted by Crippen LogP contribution is -2.50. The fourth-order valence-corrected chi connectivity index (χ4v) is 4.67. The maximum atomic E-state index is 13.6. The predicted molar refractivity (Wildman–Crippen MR) is 80.9 cm³/mol. The van der Waals surface area contributed by atoms with E-state index in [1.54, 1.807) is 0 Å². The molecule has 5 atom stereocenters. The van der Waals surface area contributed by atoms with Crippen LogP contribution in [0.5, 0.6) is 0 Å². The van der Waals surface area contributed by atoms with Crippen LogP contribution >= 0.6 is 0 Å². The van der Waals surface area contributed by atoms with Gasteiger partial charge in [0.25, 0.3) is 5.92 Å². The average molecular weight is 346 g/mol. The van der Waals surface area contributed by atoms with Crippen LogP contribution in [0.25, 0.3) is 0 Å². The number of hydrogen-bond acceptors (Lipinski definition) is 4. The minimum absolute atomic E-state index is 0.162. The number of nitrogens with one attached hydrogen (secondary N) is 1. The number of piperidine rings is 1. The average Bonchev–Trinajstić information content (AvgIpc) is 2.81. The van der Waals surface area contributed by atoms with Gasteiger partial charge in [0.1, 0.15) is 12.1 Å². The first-order valence-electron chi connectivity index (χ1n) is 8.56. The highest BCUT2D eigenvalue weighted by molar-refractivity contribution is 5.74. The molecule has 0 spiro atoms. The van der Waals surface area contributed by atoms with Crippen molar-refractivity contribution in [2.45, 2.75) is 50.1 Å². The van der Waals surface area contributed by atoms with E-state index in [-0.39, 0.29) is 11.8 Å². The van der Waals surface area contributed by atoms with Crippen molar-refractivity contribution in [3.63, 3.8) is 0 Å². The van der Waals surface area contributed by atoms with Crippen molar-refractivity contribution >= 4 is 11.9 Å². The number of carboxylic acids is 2. The summed E-state index contributed by atoms with van der Waals surface area (Å²) in [4.78, 5) is 23.8. The van der Waals surface area contributed by atoms with Crippen LogP contribution in [0.2, 0.25) is 0 Å². The van der Waals surface area contributed by atoms with Crippen LogP contribution in [-0.4, -0.2) is 64.7 Å². The molecule has 2 aliphatic heterocycles. The monoisotopic (exact) mass is 346 g/mol. The number of fused-ring (bicyclic) bond motifs is 1. The number of alkyl halides is 2. The van der Waals surface area contributed by atoms with E-state index in [2.05, 4.69) is 5.32 Å². The number of rotatable bonds is 4. The summed E-state index contributed by atoms with van der Waals surface area (Å²) in [6.07, 6.45) is 2.57. The smallest absolute Gasteiger partial charge is 0.321 e. The lowest BCUT2D eigenvalue weighted by Gasteiger charge is -2.42. The van der Waals surface area contributed by atoms with E-state index in [4.69, 9.17) is 5.11 Å². The molecule has 6 nitrogen and oxygen atoms in total. The van der Waals surface area contributed by atoms with E-state index in [9.17, 15) is 23.5 Å². The third kappa shape index (κ3) is 3.69. The molecular weight excluding hydrogens is 322 g/mol. The molecule has 3 N–H and O–H groups in total. The molecule has 4 unspecified atom stereocenters. The molecule has 1 saturated carbocycles. The molecule has 24 heavy (non-hydrogen) atoms. The summed E-state index contributed by atoms with van der Waals surface area (Å²) < 4.78 is 27.2. The first-order chi connectivity index (χ1) is 11.2. The normalized spacial score (nSPS) is 39.3. The molecule has 1 aliphatic carbocycles. The topological polar surface area (TPSA) is 89.9 Å². The van der Waals surface area contributed by atoms with Gasteiger partial charge in [0.15, 0.2) is 0 Å². The molecule has 3 fully saturated rings. The van der Waals surface area contributed by atoms with Gasteiger partial charge in [0.05, 0.1) is 6.54 Å². The van der Waals surface area contributed by atoms with E-state index < -0.39 is 42.9 Å². The van der Waals surface area contributed by atoms with Crippen LogP contribution in [-0.2, 0) is 9.59 Å². The van der Waals surface area contributed by atoms with Crippen molar-refractivity contribution in [2.75, 3.05) is 19.6 Å². The Bertz CT molecular complexity index is 516. The minimum Gasteiger partial charge on any atom is -0.480 e. The van der Waals surface area contributed by atoms with Crippen LogP contribution in [0, 0.1) is 17.8 Å². The van der Waals surface area contributed by atoms with Gasteiger partial charge in [0.2, 0.25) is 0 Å². The Morgan fingerprint density at radius 3 is 2.54 bits per heavy atom.